The highest BCUT2D eigenvalue weighted by Gasteiger charge is 2.12. The van der Waals surface area contributed by atoms with Gasteiger partial charge in [0.05, 0.1) is 12.1 Å². The SMILES string of the molecule is O=C(Cc1csc(-c2cccnc2)n1)Nc1ncc(Cc2ccc(F)c(F)c2)s1. The molecular formula is C20H14F2N4OS2. The van der Waals surface area contributed by atoms with Crippen LogP contribution in [0.1, 0.15) is 16.1 Å². The van der Waals surface area contributed by atoms with Gasteiger partial charge in [0.1, 0.15) is 5.01 Å². The Morgan fingerprint density at radius 1 is 1.14 bits per heavy atom. The Balaban J connectivity index is 1.36. The van der Waals surface area contributed by atoms with E-state index in [2.05, 4.69) is 20.3 Å². The largest absolute Gasteiger partial charge is 0.302 e. The van der Waals surface area contributed by atoms with Crippen LogP contribution >= 0.6 is 22.7 Å². The van der Waals surface area contributed by atoms with Crippen molar-refractivity contribution in [3.05, 3.63) is 82.1 Å². The number of aromatic nitrogens is 3. The Hall–Kier alpha value is -3.04. The first-order valence-corrected chi connectivity index (χ1v) is 10.3. The summed E-state index contributed by atoms with van der Waals surface area (Å²) in [5, 5.41) is 5.86. The number of carbonyl (C=O) groups excluding carboxylic acids is 1. The zero-order valence-corrected chi connectivity index (χ0v) is 16.6. The van der Waals surface area contributed by atoms with Gasteiger partial charge in [0, 0.05) is 40.8 Å². The predicted octanol–water partition coefficient (Wildman–Crippen LogP) is 4.71. The Morgan fingerprint density at radius 3 is 2.83 bits per heavy atom. The van der Waals surface area contributed by atoms with Crippen molar-refractivity contribution in [2.75, 3.05) is 5.32 Å². The zero-order chi connectivity index (χ0) is 20.2. The van der Waals surface area contributed by atoms with Gasteiger partial charge < -0.3 is 5.32 Å². The minimum absolute atomic E-state index is 0.134. The third-order valence-electron chi connectivity index (χ3n) is 3.96. The number of hydrogen-bond acceptors (Lipinski definition) is 6. The summed E-state index contributed by atoms with van der Waals surface area (Å²) in [6, 6.07) is 7.54. The third kappa shape index (κ3) is 4.87. The number of thiazole rings is 2. The van der Waals surface area contributed by atoms with Gasteiger partial charge >= 0.3 is 0 Å². The molecule has 0 radical (unpaired) electrons. The topological polar surface area (TPSA) is 67.8 Å². The van der Waals surface area contributed by atoms with Crippen molar-refractivity contribution in [3.63, 3.8) is 0 Å². The molecule has 0 aliphatic rings. The van der Waals surface area contributed by atoms with Gasteiger partial charge in [0.2, 0.25) is 5.91 Å². The van der Waals surface area contributed by atoms with Crippen LogP contribution in [0.2, 0.25) is 0 Å². The van der Waals surface area contributed by atoms with Crippen molar-refractivity contribution in [1.82, 2.24) is 15.0 Å². The first-order chi connectivity index (χ1) is 14.1. The van der Waals surface area contributed by atoms with E-state index in [-0.39, 0.29) is 12.3 Å². The fourth-order valence-electron chi connectivity index (χ4n) is 2.64. The Kier molecular flexibility index (Phi) is 5.68. The maximum Gasteiger partial charge on any atom is 0.232 e. The maximum absolute atomic E-state index is 13.3. The molecule has 3 heterocycles. The second-order valence-corrected chi connectivity index (χ2v) is 8.14. The fraction of sp³-hybridized carbons (Fsp3) is 0.100. The Labute approximate surface area is 173 Å². The summed E-state index contributed by atoms with van der Waals surface area (Å²) < 4.78 is 26.3. The highest BCUT2D eigenvalue weighted by Crippen LogP contribution is 2.24. The van der Waals surface area contributed by atoms with Crippen LogP contribution in [0.25, 0.3) is 10.6 Å². The summed E-state index contributed by atoms with van der Waals surface area (Å²) in [7, 11) is 0. The van der Waals surface area contributed by atoms with E-state index in [0.29, 0.717) is 22.8 Å². The average Bonchev–Trinajstić information content (AvgIpc) is 3.35. The van der Waals surface area contributed by atoms with Gasteiger partial charge in [-0.3, -0.25) is 9.78 Å². The molecule has 0 fully saturated rings. The highest BCUT2D eigenvalue weighted by atomic mass is 32.1. The molecule has 1 N–H and O–H groups in total. The Morgan fingerprint density at radius 2 is 2.03 bits per heavy atom. The van der Waals surface area contributed by atoms with Crippen LogP contribution < -0.4 is 5.32 Å². The van der Waals surface area contributed by atoms with Crippen LogP contribution in [-0.4, -0.2) is 20.9 Å². The number of nitrogens with one attached hydrogen (secondary N) is 1. The first-order valence-electron chi connectivity index (χ1n) is 8.60. The van der Waals surface area contributed by atoms with Gasteiger partial charge in [-0.25, -0.2) is 18.7 Å². The molecule has 0 saturated carbocycles. The summed E-state index contributed by atoms with van der Waals surface area (Å²) in [6.45, 7) is 0. The van der Waals surface area contributed by atoms with E-state index in [4.69, 9.17) is 0 Å². The lowest BCUT2D eigenvalue weighted by molar-refractivity contribution is -0.115. The fourth-order valence-corrected chi connectivity index (χ4v) is 4.31. The van der Waals surface area contributed by atoms with Gasteiger partial charge in [-0.1, -0.05) is 6.07 Å². The molecule has 0 bridgehead atoms. The minimum Gasteiger partial charge on any atom is -0.302 e. The number of nitrogens with zero attached hydrogens (tertiary/aromatic N) is 3. The highest BCUT2D eigenvalue weighted by molar-refractivity contribution is 7.15. The van der Waals surface area contributed by atoms with Crippen molar-refractivity contribution < 1.29 is 13.6 Å². The molecule has 0 spiro atoms. The maximum atomic E-state index is 13.3. The van der Waals surface area contributed by atoms with Gasteiger partial charge in [-0.2, -0.15) is 0 Å². The number of halogens is 2. The number of hydrogen-bond donors (Lipinski definition) is 1. The summed E-state index contributed by atoms with van der Waals surface area (Å²) in [5.74, 6) is -1.98. The number of amides is 1. The first kappa shape index (κ1) is 19.3. The van der Waals surface area contributed by atoms with E-state index in [1.807, 2.05) is 17.5 Å². The monoisotopic (exact) mass is 428 g/mol. The molecule has 5 nitrogen and oxygen atoms in total. The summed E-state index contributed by atoms with van der Waals surface area (Å²) >= 11 is 2.75. The summed E-state index contributed by atoms with van der Waals surface area (Å²) in [6.07, 6.45) is 5.58. The molecule has 4 rings (SSSR count). The normalized spacial score (nSPS) is 10.8. The van der Waals surface area contributed by atoms with Crippen LogP contribution in [0.4, 0.5) is 13.9 Å². The van der Waals surface area contributed by atoms with Gasteiger partial charge in [-0.05, 0) is 29.8 Å². The molecule has 0 unspecified atom stereocenters. The molecule has 1 aromatic carbocycles. The number of anilines is 1. The molecule has 9 heteroatoms. The molecule has 4 aromatic rings. The number of benzene rings is 1. The molecule has 0 aliphatic heterocycles. The van der Waals surface area contributed by atoms with Crippen molar-refractivity contribution in [1.29, 1.82) is 0 Å². The smallest absolute Gasteiger partial charge is 0.232 e. The molecule has 0 saturated heterocycles. The van der Waals surface area contributed by atoms with E-state index in [1.165, 1.54) is 28.7 Å². The van der Waals surface area contributed by atoms with Crippen molar-refractivity contribution >= 4 is 33.7 Å². The van der Waals surface area contributed by atoms with Crippen LogP contribution in [0, 0.1) is 11.6 Å². The molecule has 29 heavy (non-hydrogen) atoms. The predicted molar refractivity (Wildman–Crippen MR) is 109 cm³/mol. The van der Waals surface area contributed by atoms with Gasteiger partial charge in [-0.15, -0.1) is 22.7 Å². The standard InChI is InChI=1S/C20H14F2N4OS2/c21-16-4-3-12(7-17(16)22)6-15-10-24-20(29-15)26-18(27)8-14-11-28-19(25-14)13-2-1-5-23-9-13/h1-5,7,9-11H,6,8H2,(H,24,26,27). The van der Waals surface area contributed by atoms with Crippen LogP contribution in [0.15, 0.2) is 54.3 Å². The van der Waals surface area contributed by atoms with E-state index >= 15 is 0 Å². The lowest BCUT2D eigenvalue weighted by Gasteiger charge is -2.00. The number of pyridine rings is 1. The third-order valence-corrected chi connectivity index (χ3v) is 5.82. The molecule has 3 aromatic heterocycles. The van der Waals surface area contributed by atoms with Gasteiger partial charge in [0.15, 0.2) is 16.8 Å². The second-order valence-electron chi connectivity index (χ2n) is 6.17. The lowest BCUT2D eigenvalue weighted by Crippen LogP contribution is -2.14. The van der Waals surface area contributed by atoms with Crippen molar-refractivity contribution in [2.24, 2.45) is 0 Å². The number of rotatable bonds is 6. The molecule has 146 valence electrons. The van der Waals surface area contributed by atoms with Crippen molar-refractivity contribution in [2.45, 2.75) is 12.8 Å². The second kappa shape index (κ2) is 8.54. The van der Waals surface area contributed by atoms with E-state index < -0.39 is 11.6 Å². The van der Waals surface area contributed by atoms with Crippen LogP contribution in [0.5, 0.6) is 0 Å². The van der Waals surface area contributed by atoms with Crippen LogP contribution in [0.3, 0.4) is 0 Å². The molecule has 1 amide bonds. The minimum atomic E-state index is -0.880. The zero-order valence-electron chi connectivity index (χ0n) is 14.9. The summed E-state index contributed by atoms with van der Waals surface area (Å²) in [5.41, 5.74) is 2.21. The Bertz CT molecular complexity index is 1140. The lowest BCUT2D eigenvalue weighted by atomic mass is 10.1. The summed E-state index contributed by atoms with van der Waals surface area (Å²) in [4.78, 5) is 25.8. The van der Waals surface area contributed by atoms with Crippen LogP contribution in [-0.2, 0) is 17.6 Å². The quantitative estimate of drug-likeness (QED) is 0.483. The molecule has 0 aliphatic carbocycles. The van der Waals surface area contributed by atoms with E-state index in [0.717, 1.165) is 27.6 Å². The van der Waals surface area contributed by atoms with Gasteiger partial charge in [0.25, 0.3) is 0 Å². The number of carbonyl (C=O) groups is 1. The molecular weight excluding hydrogens is 414 g/mol. The van der Waals surface area contributed by atoms with Crippen molar-refractivity contribution in [3.8, 4) is 10.6 Å². The van der Waals surface area contributed by atoms with E-state index in [1.54, 1.807) is 18.6 Å². The average molecular weight is 428 g/mol. The molecule has 0 atom stereocenters. The van der Waals surface area contributed by atoms with E-state index in [9.17, 15) is 13.6 Å².